The van der Waals surface area contributed by atoms with Crippen molar-refractivity contribution in [2.75, 3.05) is 36.5 Å². The second kappa shape index (κ2) is 5.51. The highest BCUT2D eigenvalue weighted by atomic mass is 16.6. The van der Waals surface area contributed by atoms with Gasteiger partial charge in [0.25, 0.3) is 0 Å². The summed E-state index contributed by atoms with van der Waals surface area (Å²) >= 11 is 0. The zero-order chi connectivity index (χ0) is 19.0. The minimum absolute atomic E-state index is 0.0390. The average molecular weight is 375 g/mol. The molecule has 0 N–H and O–H groups in total. The lowest BCUT2D eigenvalue weighted by molar-refractivity contribution is 0.110. The zero-order valence-corrected chi connectivity index (χ0v) is 16.4. The Morgan fingerprint density at radius 1 is 1.18 bits per heavy atom. The summed E-state index contributed by atoms with van der Waals surface area (Å²) in [6.45, 7) is 5.39. The van der Waals surface area contributed by atoms with Crippen molar-refractivity contribution < 1.29 is 9.53 Å². The van der Waals surface area contributed by atoms with Crippen LogP contribution in [0.25, 0.3) is 0 Å². The monoisotopic (exact) mass is 375 g/mol. The van der Waals surface area contributed by atoms with Crippen molar-refractivity contribution in [2.45, 2.75) is 37.4 Å². The third kappa shape index (κ3) is 1.79. The first-order chi connectivity index (χ1) is 13.7. The molecule has 1 spiro atoms. The molecule has 5 heteroatoms. The number of carbonyl (C=O) groups is 1. The van der Waals surface area contributed by atoms with Crippen molar-refractivity contribution in [1.29, 1.82) is 0 Å². The first-order valence-electron chi connectivity index (χ1n) is 10.3. The van der Waals surface area contributed by atoms with E-state index in [2.05, 4.69) is 53.2 Å². The molecule has 2 aromatic rings. The molecule has 7 rings (SSSR count). The van der Waals surface area contributed by atoms with Gasteiger partial charge in [-0.25, -0.2) is 4.79 Å². The van der Waals surface area contributed by atoms with Crippen LogP contribution in [0.5, 0.6) is 0 Å². The van der Waals surface area contributed by atoms with E-state index in [-0.39, 0.29) is 17.7 Å². The molecule has 1 saturated heterocycles. The van der Waals surface area contributed by atoms with E-state index in [1.165, 1.54) is 22.4 Å². The molecule has 0 saturated carbocycles. The third-order valence-electron chi connectivity index (χ3n) is 7.38. The van der Waals surface area contributed by atoms with Crippen LogP contribution < -0.4 is 9.80 Å². The van der Waals surface area contributed by atoms with E-state index >= 15 is 0 Å². The summed E-state index contributed by atoms with van der Waals surface area (Å²) in [4.78, 5) is 20.1. The predicted molar refractivity (Wildman–Crippen MR) is 109 cm³/mol. The van der Waals surface area contributed by atoms with E-state index in [1.54, 1.807) is 0 Å². The van der Waals surface area contributed by atoms with Gasteiger partial charge in [0.05, 0.1) is 12.3 Å². The van der Waals surface area contributed by atoms with Gasteiger partial charge in [0, 0.05) is 37.2 Å². The molecule has 28 heavy (non-hydrogen) atoms. The fourth-order valence-electron chi connectivity index (χ4n) is 6.48. The molecule has 0 aliphatic carbocycles. The Bertz CT molecular complexity index is 990. The Labute approximate surface area is 165 Å². The predicted octanol–water partition coefficient (Wildman–Crippen LogP) is 3.68. The van der Waals surface area contributed by atoms with E-state index < -0.39 is 0 Å². The van der Waals surface area contributed by atoms with Crippen molar-refractivity contribution in [1.82, 2.24) is 4.90 Å². The number of ether oxygens (including phenoxy) is 1. The largest absolute Gasteiger partial charge is 0.449 e. The van der Waals surface area contributed by atoms with Crippen LogP contribution in [0.2, 0.25) is 0 Å². The molecular formula is C23H25N3O2. The molecule has 144 valence electrons. The number of amides is 1. The molecular weight excluding hydrogens is 350 g/mol. The number of hydrogen-bond donors (Lipinski definition) is 0. The highest BCUT2D eigenvalue weighted by Crippen LogP contribution is 2.63. The van der Waals surface area contributed by atoms with Crippen molar-refractivity contribution in [3.05, 3.63) is 59.2 Å². The molecule has 1 unspecified atom stereocenters. The first-order valence-corrected chi connectivity index (χ1v) is 10.3. The Hall–Kier alpha value is -2.53. The topological polar surface area (TPSA) is 36.0 Å². The second-order valence-electron chi connectivity index (χ2n) is 8.50. The van der Waals surface area contributed by atoms with E-state index in [0.29, 0.717) is 12.5 Å². The van der Waals surface area contributed by atoms with E-state index in [4.69, 9.17) is 4.74 Å². The maximum Gasteiger partial charge on any atom is 0.416 e. The van der Waals surface area contributed by atoms with Gasteiger partial charge < -0.3 is 9.64 Å². The highest BCUT2D eigenvalue weighted by molar-refractivity contribution is 5.93. The van der Waals surface area contributed by atoms with Crippen molar-refractivity contribution in [3.63, 3.8) is 0 Å². The van der Waals surface area contributed by atoms with Gasteiger partial charge in [0.15, 0.2) is 0 Å². The molecule has 5 aliphatic heterocycles. The van der Waals surface area contributed by atoms with Crippen molar-refractivity contribution in [2.24, 2.45) is 0 Å². The van der Waals surface area contributed by atoms with E-state index in [9.17, 15) is 4.79 Å². The lowest BCUT2D eigenvalue weighted by atomic mass is 9.60. The molecule has 0 radical (unpaired) electrons. The number of likely N-dealkylation sites (N-methyl/N-ethyl adjacent to an activating group) is 1. The summed E-state index contributed by atoms with van der Waals surface area (Å²) in [5.41, 5.74) is 6.39. The molecule has 2 aromatic carbocycles. The van der Waals surface area contributed by atoms with Crippen molar-refractivity contribution >= 4 is 17.5 Å². The molecule has 0 aromatic heterocycles. The normalized spacial score (nSPS) is 31.3. The van der Waals surface area contributed by atoms with E-state index in [0.717, 1.165) is 31.7 Å². The minimum Gasteiger partial charge on any atom is -0.449 e. The standard InChI is InChI=1S/C23H25N3O2/c1-3-28-22(27)26-18-9-5-4-8-16(18)17-14-25-12-11-23(17)20-15(13-25)7-6-10-19(20)24(2)21(23)26/h4-10,17,21H,3,11-14H2,1-2H3/t17-,21+,23+/m1/s1. The molecule has 5 nitrogen and oxygen atoms in total. The van der Waals surface area contributed by atoms with E-state index in [1.807, 2.05) is 17.9 Å². The average Bonchev–Trinajstić information content (AvgIpc) is 2.83. The molecule has 2 bridgehead atoms. The summed E-state index contributed by atoms with van der Waals surface area (Å²) in [6, 6.07) is 15.1. The smallest absolute Gasteiger partial charge is 0.416 e. The highest BCUT2D eigenvalue weighted by Gasteiger charge is 2.64. The summed E-state index contributed by atoms with van der Waals surface area (Å²) in [5, 5.41) is 0. The van der Waals surface area contributed by atoms with Gasteiger partial charge >= 0.3 is 6.09 Å². The lowest BCUT2D eigenvalue weighted by Crippen LogP contribution is -2.65. The van der Waals surface area contributed by atoms with Crippen molar-refractivity contribution in [3.8, 4) is 0 Å². The molecule has 5 heterocycles. The maximum absolute atomic E-state index is 13.2. The van der Waals surface area contributed by atoms with Crippen LogP contribution in [-0.4, -0.2) is 43.9 Å². The minimum atomic E-state index is -0.236. The van der Waals surface area contributed by atoms with Gasteiger partial charge in [-0.1, -0.05) is 30.3 Å². The van der Waals surface area contributed by atoms with Gasteiger partial charge in [-0.2, -0.15) is 0 Å². The number of anilines is 2. The first kappa shape index (κ1) is 16.4. The number of nitrogens with zero attached hydrogens (tertiary/aromatic N) is 3. The number of fused-ring (bicyclic) bond motifs is 2. The molecule has 1 amide bonds. The lowest BCUT2D eigenvalue weighted by Gasteiger charge is -2.55. The summed E-state index contributed by atoms with van der Waals surface area (Å²) in [5.74, 6) is 0.389. The fraction of sp³-hybridized carbons (Fsp3) is 0.435. The van der Waals surface area contributed by atoms with Crippen LogP contribution in [-0.2, 0) is 16.7 Å². The number of para-hydroxylation sites is 1. The number of hydrogen-bond acceptors (Lipinski definition) is 4. The van der Waals surface area contributed by atoms with Crippen LogP contribution in [0.15, 0.2) is 42.5 Å². The summed E-state index contributed by atoms with van der Waals surface area (Å²) in [7, 11) is 2.15. The fourth-order valence-corrected chi connectivity index (χ4v) is 6.48. The van der Waals surface area contributed by atoms with Gasteiger partial charge in [-0.05, 0) is 48.7 Å². The Kier molecular flexibility index (Phi) is 3.23. The van der Waals surface area contributed by atoms with Gasteiger partial charge in [-0.15, -0.1) is 0 Å². The van der Waals surface area contributed by atoms with Crippen LogP contribution in [0, 0.1) is 0 Å². The summed E-state index contributed by atoms with van der Waals surface area (Å²) in [6.07, 6.45) is 0.796. The Balaban J connectivity index is 1.68. The van der Waals surface area contributed by atoms with Crippen LogP contribution in [0.3, 0.4) is 0 Å². The quantitative estimate of drug-likeness (QED) is 0.762. The van der Waals surface area contributed by atoms with Gasteiger partial charge in [0.1, 0.15) is 6.17 Å². The van der Waals surface area contributed by atoms with Crippen LogP contribution in [0.4, 0.5) is 16.2 Å². The number of carbonyl (C=O) groups excluding carboxylic acids is 1. The Morgan fingerprint density at radius 2 is 2.00 bits per heavy atom. The molecule has 1 fully saturated rings. The number of benzene rings is 2. The third-order valence-corrected chi connectivity index (χ3v) is 7.38. The van der Waals surface area contributed by atoms with Crippen LogP contribution >= 0.6 is 0 Å². The SMILES string of the molecule is CCOC(=O)N1c2ccccc2[C@H]2CN3CC[C@@]24c2c(cccc2N(C)[C@@H]14)C3. The Morgan fingerprint density at radius 3 is 2.86 bits per heavy atom. The summed E-state index contributed by atoms with van der Waals surface area (Å²) < 4.78 is 5.56. The number of rotatable bonds is 1. The van der Waals surface area contributed by atoms with Gasteiger partial charge in [0.2, 0.25) is 0 Å². The zero-order valence-electron chi connectivity index (χ0n) is 16.4. The maximum atomic E-state index is 13.2. The van der Waals surface area contributed by atoms with Crippen LogP contribution in [0.1, 0.15) is 36.0 Å². The molecule has 5 aliphatic rings. The number of piperidine rings is 1. The second-order valence-corrected chi connectivity index (χ2v) is 8.50. The van der Waals surface area contributed by atoms with Gasteiger partial charge in [-0.3, -0.25) is 9.80 Å². The molecule has 4 atom stereocenters.